The molecule has 2 rings (SSSR count). The van der Waals surface area contributed by atoms with E-state index in [9.17, 15) is 9.90 Å². The van der Waals surface area contributed by atoms with Crippen LogP contribution in [0.15, 0.2) is 18.6 Å². The summed E-state index contributed by atoms with van der Waals surface area (Å²) in [7, 11) is 1.89. The fourth-order valence-corrected chi connectivity index (χ4v) is 2.14. The Balaban J connectivity index is 2.53. The first-order valence-corrected chi connectivity index (χ1v) is 5.99. The molecule has 5 nitrogen and oxygen atoms in total. The highest BCUT2D eigenvalue weighted by molar-refractivity contribution is 5.85. The zero-order valence-corrected chi connectivity index (χ0v) is 10.8. The lowest BCUT2D eigenvalue weighted by atomic mass is 9.93. The van der Waals surface area contributed by atoms with Gasteiger partial charge in [0.1, 0.15) is 11.4 Å². The smallest absolute Gasteiger partial charge is 0.312 e. The first-order valence-electron chi connectivity index (χ1n) is 5.99. The molecule has 5 heteroatoms. The average molecular weight is 247 g/mol. The normalized spacial score (nSPS) is 13.1. The number of imidazole rings is 1. The highest BCUT2D eigenvalue weighted by Crippen LogP contribution is 2.27. The van der Waals surface area contributed by atoms with Crippen LogP contribution < -0.4 is 0 Å². The third-order valence-electron chi connectivity index (χ3n) is 3.01. The average Bonchev–Trinajstić information content (AvgIpc) is 2.68. The van der Waals surface area contributed by atoms with E-state index in [1.54, 1.807) is 12.5 Å². The summed E-state index contributed by atoms with van der Waals surface area (Å²) in [6.07, 6.45) is 3.90. The molecule has 0 fully saturated rings. The number of rotatable bonds is 4. The minimum absolute atomic E-state index is 0.298. The second-order valence-corrected chi connectivity index (χ2v) is 4.94. The van der Waals surface area contributed by atoms with E-state index < -0.39 is 11.9 Å². The zero-order valence-electron chi connectivity index (χ0n) is 10.8. The number of hydrogen-bond donors (Lipinski definition) is 1. The summed E-state index contributed by atoms with van der Waals surface area (Å²) in [6, 6.07) is 1.85. The third-order valence-corrected chi connectivity index (χ3v) is 3.01. The Hall–Kier alpha value is -1.91. The Labute approximate surface area is 105 Å². The van der Waals surface area contributed by atoms with Gasteiger partial charge in [-0.15, -0.1) is 0 Å². The monoisotopic (exact) mass is 247 g/mol. The maximum absolute atomic E-state index is 11.4. The van der Waals surface area contributed by atoms with Gasteiger partial charge >= 0.3 is 5.97 Å². The van der Waals surface area contributed by atoms with Gasteiger partial charge < -0.3 is 9.67 Å². The van der Waals surface area contributed by atoms with Crippen LogP contribution in [-0.4, -0.2) is 25.6 Å². The molecule has 0 saturated carbocycles. The number of nitrogens with zero attached hydrogens (tertiary/aromatic N) is 3. The van der Waals surface area contributed by atoms with Crippen molar-refractivity contribution in [3.63, 3.8) is 0 Å². The first-order chi connectivity index (χ1) is 8.50. The van der Waals surface area contributed by atoms with Gasteiger partial charge in [0.25, 0.3) is 0 Å². The highest BCUT2D eigenvalue weighted by Gasteiger charge is 2.25. The van der Waals surface area contributed by atoms with E-state index >= 15 is 0 Å². The molecule has 0 aliphatic heterocycles. The number of carbonyl (C=O) groups is 1. The molecule has 0 saturated heterocycles. The molecule has 0 bridgehead atoms. The number of aliphatic carboxylic acids is 1. The molecule has 2 aromatic rings. The van der Waals surface area contributed by atoms with E-state index in [4.69, 9.17) is 0 Å². The van der Waals surface area contributed by atoms with Gasteiger partial charge in [0.15, 0.2) is 0 Å². The SMILES string of the molecule is CC(C)CC(C(=O)O)c1nccc2c1ncn2C. The van der Waals surface area contributed by atoms with Crippen molar-refractivity contribution in [2.24, 2.45) is 13.0 Å². The number of aromatic nitrogens is 3. The Morgan fingerprint density at radius 1 is 1.44 bits per heavy atom. The maximum atomic E-state index is 11.4. The van der Waals surface area contributed by atoms with Crippen molar-refractivity contribution in [3.8, 4) is 0 Å². The lowest BCUT2D eigenvalue weighted by molar-refractivity contribution is -0.139. The van der Waals surface area contributed by atoms with E-state index in [0.29, 0.717) is 23.5 Å². The van der Waals surface area contributed by atoms with Gasteiger partial charge in [-0.2, -0.15) is 0 Å². The van der Waals surface area contributed by atoms with Gasteiger partial charge in [0.2, 0.25) is 0 Å². The predicted octanol–water partition coefficient (Wildman–Crippen LogP) is 2.18. The van der Waals surface area contributed by atoms with Crippen molar-refractivity contribution in [1.29, 1.82) is 0 Å². The largest absolute Gasteiger partial charge is 0.481 e. The molecule has 0 aliphatic carbocycles. The molecule has 0 radical (unpaired) electrons. The molecule has 18 heavy (non-hydrogen) atoms. The molecule has 1 atom stereocenters. The van der Waals surface area contributed by atoms with Crippen molar-refractivity contribution in [3.05, 3.63) is 24.3 Å². The van der Waals surface area contributed by atoms with Crippen LogP contribution in [0.4, 0.5) is 0 Å². The summed E-state index contributed by atoms with van der Waals surface area (Å²) >= 11 is 0. The summed E-state index contributed by atoms with van der Waals surface area (Å²) in [5.41, 5.74) is 2.16. The van der Waals surface area contributed by atoms with Crippen molar-refractivity contribution in [2.45, 2.75) is 26.2 Å². The topological polar surface area (TPSA) is 68.0 Å². The second kappa shape index (κ2) is 4.76. The number of carboxylic acids is 1. The van der Waals surface area contributed by atoms with Crippen LogP contribution in [0.3, 0.4) is 0 Å². The highest BCUT2D eigenvalue weighted by atomic mass is 16.4. The van der Waals surface area contributed by atoms with Crippen LogP contribution in [0.25, 0.3) is 11.0 Å². The van der Waals surface area contributed by atoms with Crippen LogP contribution >= 0.6 is 0 Å². The number of hydrogen-bond acceptors (Lipinski definition) is 3. The number of pyridine rings is 1. The van der Waals surface area contributed by atoms with Gasteiger partial charge in [-0.05, 0) is 18.4 Å². The number of aryl methyl sites for hydroxylation is 1. The van der Waals surface area contributed by atoms with Crippen molar-refractivity contribution in [2.75, 3.05) is 0 Å². The molecule has 96 valence electrons. The predicted molar refractivity (Wildman–Crippen MR) is 68.3 cm³/mol. The lowest BCUT2D eigenvalue weighted by Gasteiger charge is -2.14. The summed E-state index contributed by atoms with van der Waals surface area (Å²) in [5.74, 6) is -1.13. The fraction of sp³-hybridized carbons (Fsp3) is 0.462. The molecule has 0 aliphatic rings. The molecule has 0 aromatic carbocycles. The van der Waals surface area contributed by atoms with E-state index in [2.05, 4.69) is 9.97 Å². The summed E-state index contributed by atoms with van der Waals surface area (Å²) in [6.45, 7) is 4.02. The Kier molecular flexibility index (Phi) is 3.32. The minimum Gasteiger partial charge on any atom is -0.481 e. The second-order valence-electron chi connectivity index (χ2n) is 4.94. The van der Waals surface area contributed by atoms with Crippen molar-refractivity contribution >= 4 is 17.0 Å². The molecule has 1 N–H and O–H groups in total. The molecule has 1 unspecified atom stereocenters. The van der Waals surface area contributed by atoms with Crippen molar-refractivity contribution in [1.82, 2.24) is 14.5 Å². The van der Waals surface area contributed by atoms with Gasteiger partial charge in [-0.25, -0.2) is 4.98 Å². The van der Waals surface area contributed by atoms with Gasteiger partial charge in [-0.3, -0.25) is 9.78 Å². The number of fused-ring (bicyclic) bond motifs is 1. The third kappa shape index (κ3) is 2.20. The van der Waals surface area contributed by atoms with E-state index in [1.807, 2.05) is 31.5 Å². The van der Waals surface area contributed by atoms with Gasteiger partial charge in [0.05, 0.1) is 17.5 Å². The summed E-state index contributed by atoms with van der Waals surface area (Å²) in [4.78, 5) is 19.9. The standard InChI is InChI=1S/C13H17N3O2/c1-8(2)6-9(13(17)18)11-12-10(4-5-14-11)16(3)7-15-12/h4-5,7-9H,6H2,1-3H3,(H,17,18). The van der Waals surface area contributed by atoms with Crippen molar-refractivity contribution < 1.29 is 9.90 Å². The van der Waals surface area contributed by atoms with Crippen LogP contribution in [0.1, 0.15) is 31.9 Å². The van der Waals surface area contributed by atoms with Crippen LogP contribution in [-0.2, 0) is 11.8 Å². The molecule has 2 aromatic heterocycles. The van der Waals surface area contributed by atoms with E-state index in [-0.39, 0.29) is 0 Å². The molecular formula is C13H17N3O2. The summed E-state index contributed by atoms with van der Waals surface area (Å²) in [5, 5.41) is 9.37. The van der Waals surface area contributed by atoms with Gasteiger partial charge in [0, 0.05) is 13.2 Å². The molecular weight excluding hydrogens is 230 g/mol. The minimum atomic E-state index is -0.839. The van der Waals surface area contributed by atoms with Gasteiger partial charge in [-0.1, -0.05) is 13.8 Å². The Bertz CT molecular complexity index is 575. The lowest BCUT2D eigenvalue weighted by Crippen LogP contribution is -2.16. The molecule has 0 amide bonds. The van der Waals surface area contributed by atoms with Crippen LogP contribution in [0.5, 0.6) is 0 Å². The fourth-order valence-electron chi connectivity index (χ4n) is 2.14. The van der Waals surface area contributed by atoms with E-state index in [1.165, 1.54) is 0 Å². The van der Waals surface area contributed by atoms with Crippen LogP contribution in [0.2, 0.25) is 0 Å². The molecule has 2 heterocycles. The Morgan fingerprint density at radius 3 is 2.78 bits per heavy atom. The quantitative estimate of drug-likeness (QED) is 0.899. The maximum Gasteiger partial charge on any atom is 0.312 e. The number of carboxylic acid groups (broad SMARTS) is 1. The Morgan fingerprint density at radius 2 is 2.17 bits per heavy atom. The summed E-state index contributed by atoms with van der Waals surface area (Å²) < 4.78 is 1.87. The zero-order chi connectivity index (χ0) is 13.3. The van der Waals surface area contributed by atoms with E-state index in [0.717, 1.165) is 5.52 Å². The molecule has 0 spiro atoms. The van der Waals surface area contributed by atoms with Crippen LogP contribution in [0, 0.1) is 5.92 Å². The first kappa shape index (κ1) is 12.5.